The van der Waals surface area contributed by atoms with Gasteiger partial charge in [0.1, 0.15) is 22.4 Å². The number of carbonyl (C=O) groups is 1. The van der Waals surface area contributed by atoms with Gasteiger partial charge in [-0.05, 0) is 42.8 Å². The summed E-state index contributed by atoms with van der Waals surface area (Å²) in [5.41, 5.74) is 6.49. The number of carboxylic acids is 1. The SMILES string of the molecule is Cc1c(CC(=O)O)c2cc(OCc3csc(-c4ccccc4)n3)ccc2n1Cc1csc(-c2ccc(Cl)cc2)n1. The van der Waals surface area contributed by atoms with E-state index in [1.54, 1.807) is 22.7 Å². The molecule has 0 spiro atoms. The second-order valence-electron chi connectivity index (χ2n) is 9.35. The normalized spacial score (nSPS) is 11.2. The van der Waals surface area contributed by atoms with Crippen LogP contribution >= 0.6 is 34.3 Å². The first kappa shape index (κ1) is 26.3. The van der Waals surface area contributed by atoms with Crippen molar-refractivity contribution >= 4 is 51.1 Å². The van der Waals surface area contributed by atoms with Crippen LogP contribution in [0.25, 0.3) is 32.0 Å². The fraction of sp³-hybridized carbons (Fsp3) is 0.129. The van der Waals surface area contributed by atoms with Crippen LogP contribution in [-0.2, 0) is 24.4 Å². The molecular weight excluding hydrogens is 562 g/mol. The van der Waals surface area contributed by atoms with Gasteiger partial charge < -0.3 is 14.4 Å². The molecule has 0 saturated carbocycles. The molecule has 6 aromatic rings. The van der Waals surface area contributed by atoms with Crippen molar-refractivity contribution in [3.8, 4) is 26.9 Å². The van der Waals surface area contributed by atoms with E-state index in [-0.39, 0.29) is 6.42 Å². The quantitative estimate of drug-likeness (QED) is 0.185. The van der Waals surface area contributed by atoms with Crippen LogP contribution in [0.5, 0.6) is 5.75 Å². The van der Waals surface area contributed by atoms with Crippen LogP contribution in [0.15, 0.2) is 83.6 Å². The Hall–Kier alpha value is -3.98. The highest BCUT2D eigenvalue weighted by molar-refractivity contribution is 7.13. The third-order valence-electron chi connectivity index (χ3n) is 6.68. The van der Waals surface area contributed by atoms with Gasteiger partial charge in [-0.3, -0.25) is 4.79 Å². The molecule has 0 atom stereocenters. The molecular formula is C31H24ClN3O3S2. The topological polar surface area (TPSA) is 77.2 Å². The molecule has 0 bridgehead atoms. The molecule has 0 aliphatic carbocycles. The number of hydrogen-bond acceptors (Lipinski definition) is 6. The number of ether oxygens (including phenoxy) is 1. The van der Waals surface area contributed by atoms with Crippen LogP contribution in [0.2, 0.25) is 5.02 Å². The average Bonchev–Trinajstić information content (AvgIpc) is 3.69. The molecule has 3 heterocycles. The number of thiazole rings is 2. The predicted molar refractivity (Wildman–Crippen MR) is 162 cm³/mol. The molecule has 6 rings (SSSR count). The van der Waals surface area contributed by atoms with Gasteiger partial charge in [0.15, 0.2) is 0 Å². The van der Waals surface area contributed by atoms with Crippen molar-refractivity contribution in [3.05, 3.63) is 111 Å². The van der Waals surface area contributed by atoms with Gasteiger partial charge in [0.25, 0.3) is 0 Å². The fourth-order valence-corrected chi connectivity index (χ4v) is 6.46. The Morgan fingerprint density at radius 1 is 0.925 bits per heavy atom. The lowest BCUT2D eigenvalue weighted by Crippen LogP contribution is -2.05. The number of nitrogens with zero attached hydrogens (tertiary/aromatic N) is 3. The third kappa shape index (κ3) is 5.51. The minimum Gasteiger partial charge on any atom is -0.487 e. The highest BCUT2D eigenvalue weighted by atomic mass is 35.5. The maximum atomic E-state index is 11.8. The number of rotatable bonds is 9. The molecule has 40 heavy (non-hydrogen) atoms. The molecule has 0 aliphatic heterocycles. The first-order chi connectivity index (χ1) is 19.4. The van der Waals surface area contributed by atoms with Gasteiger partial charge in [-0.1, -0.05) is 54.1 Å². The number of halogens is 1. The first-order valence-corrected chi connectivity index (χ1v) is 14.7. The van der Waals surface area contributed by atoms with Crippen LogP contribution in [0, 0.1) is 6.92 Å². The molecule has 200 valence electrons. The van der Waals surface area contributed by atoms with Crippen LogP contribution in [0.4, 0.5) is 0 Å². The lowest BCUT2D eigenvalue weighted by molar-refractivity contribution is -0.136. The van der Waals surface area contributed by atoms with Gasteiger partial charge in [-0.25, -0.2) is 9.97 Å². The third-order valence-corrected chi connectivity index (χ3v) is 8.81. The standard InChI is InChI=1S/C31H24ClN3O3S2/c1-19-26(14-29(36)37)27-13-25(38-16-24-18-40-30(34-24)20-5-3-2-4-6-20)11-12-28(27)35(19)15-23-17-39-31(33-23)21-7-9-22(32)10-8-21/h2-13,17-18H,14-16H2,1H3,(H,36,37). The summed E-state index contributed by atoms with van der Waals surface area (Å²) in [4.78, 5) is 21.3. The highest BCUT2D eigenvalue weighted by Crippen LogP contribution is 2.32. The molecule has 0 saturated heterocycles. The summed E-state index contributed by atoms with van der Waals surface area (Å²) in [6, 6.07) is 23.5. The van der Waals surface area contributed by atoms with Crippen LogP contribution < -0.4 is 4.74 Å². The van der Waals surface area contributed by atoms with Gasteiger partial charge in [0.05, 0.1) is 24.4 Å². The van der Waals surface area contributed by atoms with Crippen LogP contribution in [0.1, 0.15) is 22.6 Å². The largest absolute Gasteiger partial charge is 0.487 e. The summed E-state index contributed by atoms with van der Waals surface area (Å²) in [7, 11) is 0. The zero-order chi connectivity index (χ0) is 27.6. The number of aliphatic carboxylic acids is 1. The van der Waals surface area contributed by atoms with Crippen LogP contribution in [-0.4, -0.2) is 25.6 Å². The van der Waals surface area contributed by atoms with Gasteiger partial charge in [-0.15, -0.1) is 22.7 Å². The van der Waals surface area contributed by atoms with E-state index in [0.717, 1.165) is 54.7 Å². The van der Waals surface area contributed by atoms with Gasteiger partial charge in [0.2, 0.25) is 0 Å². The Labute approximate surface area is 244 Å². The van der Waals surface area contributed by atoms with Crippen molar-refractivity contribution < 1.29 is 14.6 Å². The molecule has 9 heteroatoms. The van der Waals surface area contributed by atoms with Crippen molar-refractivity contribution in [2.24, 2.45) is 0 Å². The average molecular weight is 586 g/mol. The summed E-state index contributed by atoms with van der Waals surface area (Å²) < 4.78 is 8.23. The Balaban J connectivity index is 1.26. The molecule has 6 nitrogen and oxygen atoms in total. The minimum atomic E-state index is -0.872. The van der Waals surface area contributed by atoms with Crippen LogP contribution in [0.3, 0.4) is 0 Å². The molecule has 3 aromatic carbocycles. The number of aromatic nitrogens is 3. The maximum Gasteiger partial charge on any atom is 0.307 e. The van der Waals surface area contributed by atoms with Crippen molar-refractivity contribution in [2.75, 3.05) is 0 Å². The minimum absolute atomic E-state index is 0.0710. The summed E-state index contributed by atoms with van der Waals surface area (Å²) in [5, 5.41) is 17.1. The maximum absolute atomic E-state index is 11.8. The van der Waals surface area contributed by atoms with Crippen molar-refractivity contribution in [1.82, 2.24) is 14.5 Å². The smallest absolute Gasteiger partial charge is 0.307 e. The monoisotopic (exact) mass is 585 g/mol. The second-order valence-corrected chi connectivity index (χ2v) is 11.5. The zero-order valence-corrected chi connectivity index (χ0v) is 23.9. The van der Waals surface area contributed by atoms with E-state index in [2.05, 4.69) is 4.57 Å². The lowest BCUT2D eigenvalue weighted by atomic mass is 10.1. The van der Waals surface area contributed by atoms with Gasteiger partial charge in [-0.2, -0.15) is 0 Å². The summed E-state index contributed by atoms with van der Waals surface area (Å²) in [6.07, 6.45) is -0.0710. The second kappa shape index (κ2) is 11.3. The molecule has 0 unspecified atom stereocenters. The Bertz CT molecular complexity index is 1810. The highest BCUT2D eigenvalue weighted by Gasteiger charge is 2.19. The molecule has 0 amide bonds. The number of carboxylic acid groups (broad SMARTS) is 1. The van der Waals surface area contributed by atoms with E-state index in [4.69, 9.17) is 26.3 Å². The van der Waals surface area contributed by atoms with E-state index >= 15 is 0 Å². The van der Waals surface area contributed by atoms with Gasteiger partial charge in [0, 0.05) is 43.5 Å². The summed E-state index contributed by atoms with van der Waals surface area (Å²) in [6.45, 7) is 2.83. The lowest BCUT2D eigenvalue weighted by Gasteiger charge is -2.08. The number of benzene rings is 3. The Morgan fingerprint density at radius 2 is 1.60 bits per heavy atom. The Morgan fingerprint density at radius 3 is 2.33 bits per heavy atom. The Kier molecular flexibility index (Phi) is 7.38. The first-order valence-electron chi connectivity index (χ1n) is 12.6. The number of fused-ring (bicyclic) bond motifs is 1. The summed E-state index contributed by atoms with van der Waals surface area (Å²) in [5.74, 6) is -0.202. The molecule has 3 aromatic heterocycles. The molecule has 0 aliphatic rings. The summed E-state index contributed by atoms with van der Waals surface area (Å²) >= 11 is 9.20. The molecule has 1 N–H and O–H groups in total. The van der Waals surface area contributed by atoms with Crippen molar-refractivity contribution in [1.29, 1.82) is 0 Å². The van der Waals surface area contributed by atoms with E-state index in [1.165, 1.54) is 0 Å². The van der Waals surface area contributed by atoms with E-state index in [1.807, 2.05) is 90.5 Å². The van der Waals surface area contributed by atoms with Crippen molar-refractivity contribution in [2.45, 2.75) is 26.5 Å². The fourth-order valence-electron chi connectivity index (χ4n) is 4.71. The zero-order valence-electron chi connectivity index (χ0n) is 21.5. The van der Waals surface area contributed by atoms with E-state index in [9.17, 15) is 9.90 Å². The predicted octanol–water partition coefficient (Wildman–Crippen LogP) is 8.10. The molecule has 0 radical (unpaired) electrons. The van der Waals surface area contributed by atoms with Crippen molar-refractivity contribution in [3.63, 3.8) is 0 Å². The molecule has 0 fully saturated rings. The van der Waals surface area contributed by atoms with E-state index < -0.39 is 5.97 Å². The number of hydrogen-bond donors (Lipinski definition) is 1. The van der Waals surface area contributed by atoms with E-state index in [0.29, 0.717) is 23.9 Å². The van der Waals surface area contributed by atoms with Gasteiger partial charge >= 0.3 is 5.97 Å².